The number of rotatable bonds is 4. The van der Waals surface area contributed by atoms with Crippen molar-refractivity contribution in [3.05, 3.63) is 48.2 Å². The zero-order chi connectivity index (χ0) is 17.0. The molecular formula is C19H25N3O. The summed E-state index contributed by atoms with van der Waals surface area (Å²) in [5.74, 6) is 0.690. The monoisotopic (exact) mass is 311 g/mol. The molecule has 1 aromatic carbocycles. The molecule has 0 fully saturated rings. The highest BCUT2D eigenvalue weighted by Gasteiger charge is 2.12. The van der Waals surface area contributed by atoms with Crippen LogP contribution in [0.2, 0.25) is 0 Å². The Labute approximate surface area is 138 Å². The van der Waals surface area contributed by atoms with Gasteiger partial charge in [-0.2, -0.15) is 0 Å². The van der Waals surface area contributed by atoms with Gasteiger partial charge in [-0.3, -0.25) is 4.79 Å². The second kappa shape index (κ2) is 6.82. The molecule has 2 N–H and O–H groups in total. The van der Waals surface area contributed by atoms with E-state index in [1.165, 1.54) is 5.56 Å². The Kier molecular flexibility index (Phi) is 5.04. The summed E-state index contributed by atoms with van der Waals surface area (Å²) >= 11 is 0. The number of nitrogens with zero attached hydrogens (tertiary/aromatic N) is 1. The van der Waals surface area contributed by atoms with E-state index in [0.717, 1.165) is 11.5 Å². The second-order valence-electron chi connectivity index (χ2n) is 7.03. The van der Waals surface area contributed by atoms with Gasteiger partial charge in [0.1, 0.15) is 5.82 Å². The lowest BCUT2D eigenvalue weighted by atomic mass is 9.87. The van der Waals surface area contributed by atoms with Gasteiger partial charge in [0.15, 0.2) is 0 Å². The summed E-state index contributed by atoms with van der Waals surface area (Å²) in [5.41, 5.74) is 3.14. The summed E-state index contributed by atoms with van der Waals surface area (Å²) in [7, 11) is 0. The molecule has 2 rings (SSSR count). The van der Waals surface area contributed by atoms with E-state index in [0.29, 0.717) is 5.69 Å². The number of pyridine rings is 1. The average molecular weight is 311 g/mol. The third kappa shape index (κ3) is 4.81. The van der Waals surface area contributed by atoms with Gasteiger partial charge in [-0.05, 0) is 35.2 Å². The molecule has 0 aliphatic carbocycles. The van der Waals surface area contributed by atoms with Crippen LogP contribution in [0.15, 0.2) is 42.6 Å². The number of carbonyl (C=O) groups is 1. The fraction of sp³-hybridized carbons (Fsp3) is 0.368. The maximum Gasteiger partial charge on any atom is 0.226 e. The molecule has 0 spiro atoms. The molecule has 1 aromatic heterocycles. The molecule has 0 unspecified atom stereocenters. The Balaban J connectivity index is 2.02. The highest BCUT2D eigenvalue weighted by atomic mass is 16.1. The van der Waals surface area contributed by atoms with Gasteiger partial charge in [0.05, 0.1) is 11.9 Å². The quantitative estimate of drug-likeness (QED) is 0.859. The van der Waals surface area contributed by atoms with Gasteiger partial charge < -0.3 is 10.6 Å². The zero-order valence-electron chi connectivity index (χ0n) is 14.5. The van der Waals surface area contributed by atoms with E-state index in [4.69, 9.17) is 0 Å². The van der Waals surface area contributed by atoms with Crippen LogP contribution in [-0.2, 0) is 10.2 Å². The van der Waals surface area contributed by atoms with Crippen molar-refractivity contribution in [3.63, 3.8) is 0 Å². The van der Waals surface area contributed by atoms with Crippen molar-refractivity contribution in [1.29, 1.82) is 0 Å². The fourth-order valence-electron chi connectivity index (χ4n) is 2.03. The maximum absolute atomic E-state index is 11.6. The van der Waals surface area contributed by atoms with E-state index < -0.39 is 0 Å². The number of carbonyl (C=O) groups excluding carboxylic acids is 1. The first-order chi connectivity index (χ1) is 10.8. The van der Waals surface area contributed by atoms with Crippen molar-refractivity contribution in [2.24, 2.45) is 5.92 Å². The molecule has 1 heterocycles. The molecule has 0 saturated heterocycles. The Hall–Kier alpha value is -2.36. The van der Waals surface area contributed by atoms with Crippen LogP contribution >= 0.6 is 0 Å². The van der Waals surface area contributed by atoms with Gasteiger partial charge >= 0.3 is 0 Å². The predicted octanol–water partition coefficient (Wildman–Crippen LogP) is 4.72. The Morgan fingerprint density at radius 1 is 1.00 bits per heavy atom. The van der Waals surface area contributed by atoms with E-state index >= 15 is 0 Å². The number of hydrogen-bond acceptors (Lipinski definition) is 3. The topological polar surface area (TPSA) is 54.0 Å². The molecule has 4 nitrogen and oxygen atoms in total. The van der Waals surface area contributed by atoms with Crippen LogP contribution in [0.4, 0.5) is 17.2 Å². The van der Waals surface area contributed by atoms with Gasteiger partial charge in [-0.15, -0.1) is 0 Å². The molecule has 122 valence electrons. The first-order valence-electron chi connectivity index (χ1n) is 7.90. The summed E-state index contributed by atoms with van der Waals surface area (Å²) in [6, 6.07) is 12.1. The maximum atomic E-state index is 11.6. The van der Waals surface area contributed by atoms with Crippen LogP contribution < -0.4 is 10.6 Å². The molecule has 0 bridgehead atoms. The van der Waals surface area contributed by atoms with E-state index in [1.54, 1.807) is 6.20 Å². The summed E-state index contributed by atoms with van der Waals surface area (Å²) < 4.78 is 0. The van der Waals surface area contributed by atoms with Crippen LogP contribution in [0.3, 0.4) is 0 Å². The second-order valence-corrected chi connectivity index (χ2v) is 7.03. The number of benzene rings is 1. The molecule has 4 heteroatoms. The summed E-state index contributed by atoms with van der Waals surface area (Å²) in [6.45, 7) is 10.3. The molecule has 0 saturated carbocycles. The molecule has 1 amide bonds. The minimum atomic E-state index is -0.0471. The highest BCUT2D eigenvalue weighted by molar-refractivity contribution is 5.91. The largest absolute Gasteiger partial charge is 0.340 e. The Bertz CT molecular complexity index is 653. The van der Waals surface area contributed by atoms with Crippen LogP contribution in [-0.4, -0.2) is 10.9 Å². The molecule has 0 aliphatic heterocycles. The van der Waals surface area contributed by atoms with E-state index in [9.17, 15) is 4.79 Å². The Morgan fingerprint density at radius 2 is 1.61 bits per heavy atom. The molecule has 0 aliphatic rings. The number of hydrogen-bond donors (Lipinski definition) is 2. The van der Waals surface area contributed by atoms with Crippen molar-refractivity contribution < 1.29 is 4.79 Å². The molecule has 0 radical (unpaired) electrons. The highest BCUT2D eigenvalue weighted by Crippen LogP contribution is 2.24. The van der Waals surface area contributed by atoms with Crippen molar-refractivity contribution >= 4 is 23.1 Å². The van der Waals surface area contributed by atoms with Gasteiger partial charge in [0, 0.05) is 11.6 Å². The van der Waals surface area contributed by atoms with Crippen LogP contribution in [0.25, 0.3) is 0 Å². The number of nitrogens with one attached hydrogen (secondary N) is 2. The van der Waals surface area contributed by atoms with Crippen LogP contribution in [0, 0.1) is 5.92 Å². The minimum Gasteiger partial charge on any atom is -0.340 e. The molecular weight excluding hydrogens is 286 g/mol. The molecule has 23 heavy (non-hydrogen) atoms. The number of aromatic nitrogens is 1. The van der Waals surface area contributed by atoms with Crippen LogP contribution in [0.1, 0.15) is 40.2 Å². The van der Waals surface area contributed by atoms with Gasteiger partial charge in [0.25, 0.3) is 0 Å². The van der Waals surface area contributed by atoms with Crippen molar-refractivity contribution in [1.82, 2.24) is 4.98 Å². The van der Waals surface area contributed by atoms with Gasteiger partial charge in [-0.25, -0.2) is 4.98 Å². The van der Waals surface area contributed by atoms with Gasteiger partial charge in [0.2, 0.25) is 5.91 Å². The third-order valence-corrected chi connectivity index (χ3v) is 3.58. The predicted molar refractivity (Wildman–Crippen MR) is 96.1 cm³/mol. The van der Waals surface area contributed by atoms with E-state index in [1.807, 2.05) is 26.0 Å². The van der Waals surface area contributed by atoms with Crippen LogP contribution in [0.5, 0.6) is 0 Å². The lowest BCUT2D eigenvalue weighted by Gasteiger charge is -2.19. The Morgan fingerprint density at radius 3 is 2.09 bits per heavy atom. The minimum absolute atomic E-state index is 0.00900. The van der Waals surface area contributed by atoms with Crippen molar-refractivity contribution in [3.8, 4) is 0 Å². The first-order valence-corrected chi connectivity index (χ1v) is 7.90. The SMILES string of the molecule is CC(C)C(=O)Nc1ccc(Nc2ccc(C(C)(C)C)cc2)nc1. The average Bonchev–Trinajstić information content (AvgIpc) is 2.49. The van der Waals surface area contributed by atoms with E-state index in [-0.39, 0.29) is 17.2 Å². The number of amides is 1. The first kappa shape index (κ1) is 17.0. The third-order valence-electron chi connectivity index (χ3n) is 3.58. The van der Waals surface area contributed by atoms with Crippen molar-refractivity contribution in [2.75, 3.05) is 10.6 Å². The standard InChI is InChI=1S/C19H25N3O/c1-13(2)18(23)22-16-10-11-17(20-12-16)21-15-8-6-14(7-9-15)19(3,4)5/h6-13H,1-5H3,(H,20,21)(H,22,23). The molecule has 0 atom stereocenters. The lowest BCUT2D eigenvalue weighted by molar-refractivity contribution is -0.118. The smallest absolute Gasteiger partial charge is 0.226 e. The fourth-order valence-corrected chi connectivity index (χ4v) is 2.03. The van der Waals surface area contributed by atoms with E-state index in [2.05, 4.69) is 60.7 Å². The van der Waals surface area contributed by atoms with Gasteiger partial charge in [-0.1, -0.05) is 46.8 Å². The normalized spacial score (nSPS) is 11.4. The zero-order valence-corrected chi connectivity index (χ0v) is 14.5. The molecule has 2 aromatic rings. The summed E-state index contributed by atoms with van der Waals surface area (Å²) in [6.07, 6.45) is 1.66. The summed E-state index contributed by atoms with van der Waals surface area (Å²) in [4.78, 5) is 16.0. The summed E-state index contributed by atoms with van der Waals surface area (Å²) in [5, 5.41) is 6.09. The van der Waals surface area contributed by atoms with Crippen molar-refractivity contribution in [2.45, 2.75) is 40.0 Å². The lowest BCUT2D eigenvalue weighted by Crippen LogP contribution is -2.17. The number of anilines is 3.